The quantitative estimate of drug-likeness (QED) is 0.325. The summed E-state index contributed by atoms with van der Waals surface area (Å²) in [6.45, 7) is 0. The van der Waals surface area contributed by atoms with Crippen molar-refractivity contribution in [2.24, 2.45) is 0 Å². The van der Waals surface area contributed by atoms with Crippen molar-refractivity contribution in [3.05, 3.63) is 59.8 Å². The summed E-state index contributed by atoms with van der Waals surface area (Å²) in [5.41, 5.74) is 3.08. The summed E-state index contributed by atoms with van der Waals surface area (Å²) in [6.07, 6.45) is 3.44. The van der Waals surface area contributed by atoms with Gasteiger partial charge in [-0.25, -0.2) is 13.4 Å². The lowest BCUT2D eigenvalue weighted by Gasteiger charge is -2.11. The molecule has 3 heterocycles. The van der Waals surface area contributed by atoms with E-state index in [2.05, 4.69) is 25.8 Å². The Bertz CT molecular complexity index is 1750. The average Bonchev–Trinajstić information content (AvgIpc) is 3.84. The van der Waals surface area contributed by atoms with Gasteiger partial charge in [-0.1, -0.05) is 6.07 Å². The first kappa shape index (κ1) is 23.0. The summed E-state index contributed by atoms with van der Waals surface area (Å²) in [5, 5.41) is 14.2. The van der Waals surface area contributed by atoms with Crippen molar-refractivity contribution in [2.45, 2.75) is 40.7 Å². The minimum absolute atomic E-state index is 0.0168. The third-order valence-electron chi connectivity index (χ3n) is 7.89. The normalized spacial score (nSPS) is 21.8. The second-order valence-electron chi connectivity index (χ2n) is 10.1. The minimum atomic E-state index is -3.38. The predicted octanol–water partition coefficient (Wildman–Crippen LogP) is 4.03. The maximum Gasteiger partial charge on any atom is 0.235 e. The summed E-state index contributed by atoms with van der Waals surface area (Å²) in [5.74, 6) is 2.02. The van der Waals surface area contributed by atoms with Crippen molar-refractivity contribution in [3.8, 4) is 11.5 Å². The SMILES string of the molecule is COc1ccc2c(c1)[C@]1(C[C@H]1c1ccc3c(Nc4ncc(S(=O)(=O)C5CC5)cc4OC)n[nH]c3c1)C(=O)N2. The Kier molecular flexibility index (Phi) is 4.81. The molecule has 1 aliphatic heterocycles. The number of pyridine rings is 1. The highest BCUT2D eigenvalue weighted by molar-refractivity contribution is 7.92. The smallest absolute Gasteiger partial charge is 0.235 e. The first-order chi connectivity index (χ1) is 18.3. The molecule has 0 unspecified atom stereocenters. The standard InChI is InChI=1S/C27H25N5O5S/c1-36-15-4-8-21-19(10-15)27(26(33)29-21)12-20(27)14-3-7-18-22(9-14)31-32-24(18)30-25-23(37-2)11-17(13-28-25)38(34,35)16-5-6-16/h3-4,7-11,13,16,20H,5-6,12H2,1-2H3,(H,29,33)(H2,28,30,31,32)/t20-,27-/m0/s1. The van der Waals surface area contributed by atoms with Crippen LogP contribution >= 0.6 is 0 Å². The lowest BCUT2D eigenvalue weighted by Crippen LogP contribution is -2.21. The predicted molar refractivity (Wildman–Crippen MR) is 141 cm³/mol. The van der Waals surface area contributed by atoms with Crippen LogP contribution in [0.5, 0.6) is 11.5 Å². The van der Waals surface area contributed by atoms with Crippen LogP contribution in [0.1, 0.15) is 36.3 Å². The summed E-state index contributed by atoms with van der Waals surface area (Å²) in [4.78, 5) is 17.5. The second kappa shape index (κ2) is 7.94. The van der Waals surface area contributed by atoms with Crippen LogP contribution in [0.3, 0.4) is 0 Å². The van der Waals surface area contributed by atoms with Gasteiger partial charge < -0.3 is 20.1 Å². The zero-order chi connectivity index (χ0) is 26.2. The van der Waals surface area contributed by atoms with Crippen molar-refractivity contribution < 1.29 is 22.7 Å². The molecule has 2 fully saturated rings. The molecule has 3 aliphatic rings. The van der Waals surface area contributed by atoms with Gasteiger partial charge >= 0.3 is 0 Å². The summed E-state index contributed by atoms with van der Waals surface area (Å²) >= 11 is 0. The number of aromatic amines is 1. The number of aromatic nitrogens is 3. The van der Waals surface area contributed by atoms with Crippen LogP contribution in [-0.4, -0.2) is 49.0 Å². The molecule has 11 heteroatoms. The zero-order valence-corrected chi connectivity index (χ0v) is 21.6. The molecule has 7 rings (SSSR count). The third kappa shape index (κ3) is 3.31. The molecule has 0 bridgehead atoms. The van der Waals surface area contributed by atoms with E-state index >= 15 is 0 Å². The number of rotatable bonds is 7. The van der Waals surface area contributed by atoms with E-state index in [4.69, 9.17) is 9.47 Å². The van der Waals surface area contributed by atoms with Crippen molar-refractivity contribution in [1.29, 1.82) is 0 Å². The number of methoxy groups -OCH3 is 2. The van der Waals surface area contributed by atoms with E-state index in [9.17, 15) is 13.2 Å². The van der Waals surface area contributed by atoms with Gasteiger partial charge in [-0.3, -0.25) is 9.89 Å². The fraction of sp³-hybridized carbons (Fsp3) is 0.296. The number of hydrogen-bond acceptors (Lipinski definition) is 8. The number of amides is 1. The van der Waals surface area contributed by atoms with E-state index in [0.29, 0.717) is 30.2 Å². The maximum absolute atomic E-state index is 13.0. The molecule has 2 aromatic carbocycles. The van der Waals surface area contributed by atoms with E-state index in [0.717, 1.165) is 39.9 Å². The molecule has 4 aromatic rings. The van der Waals surface area contributed by atoms with Crippen LogP contribution in [0.4, 0.5) is 17.3 Å². The monoisotopic (exact) mass is 531 g/mol. The topological polar surface area (TPSA) is 135 Å². The van der Waals surface area contributed by atoms with Crippen molar-refractivity contribution in [3.63, 3.8) is 0 Å². The van der Waals surface area contributed by atoms with Crippen LogP contribution in [-0.2, 0) is 20.0 Å². The van der Waals surface area contributed by atoms with Crippen LogP contribution in [0.2, 0.25) is 0 Å². The molecule has 3 N–H and O–H groups in total. The molecule has 10 nitrogen and oxygen atoms in total. The van der Waals surface area contributed by atoms with Crippen molar-refractivity contribution >= 4 is 44.0 Å². The number of nitrogens with zero attached hydrogens (tertiary/aromatic N) is 2. The Morgan fingerprint density at radius 1 is 1.05 bits per heavy atom. The highest BCUT2D eigenvalue weighted by Gasteiger charge is 2.65. The zero-order valence-electron chi connectivity index (χ0n) is 20.7. The molecule has 0 saturated heterocycles. The molecule has 2 atom stereocenters. The van der Waals surface area contributed by atoms with E-state index < -0.39 is 15.3 Å². The number of sulfone groups is 1. The molecule has 2 saturated carbocycles. The molecule has 2 aromatic heterocycles. The summed E-state index contributed by atoms with van der Waals surface area (Å²) < 4.78 is 36.0. The number of carbonyl (C=O) groups excluding carboxylic acids is 1. The number of hydrogen-bond donors (Lipinski definition) is 3. The van der Waals surface area contributed by atoms with E-state index in [1.807, 2.05) is 36.4 Å². The molecule has 2 aliphatic carbocycles. The molecule has 1 spiro atoms. The van der Waals surface area contributed by atoms with Crippen LogP contribution in [0, 0.1) is 0 Å². The molecular formula is C27H25N5O5S. The van der Waals surface area contributed by atoms with Crippen molar-refractivity contribution in [1.82, 2.24) is 15.2 Å². The lowest BCUT2D eigenvalue weighted by molar-refractivity contribution is -0.118. The summed E-state index contributed by atoms with van der Waals surface area (Å²) in [7, 11) is -0.286. The van der Waals surface area contributed by atoms with Crippen LogP contribution in [0.25, 0.3) is 10.9 Å². The van der Waals surface area contributed by atoms with Gasteiger partial charge in [0.05, 0.1) is 35.3 Å². The van der Waals surface area contributed by atoms with E-state index in [1.54, 1.807) is 7.11 Å². The lowest BCUT2D eigenvalue weighted by atomic mass is 9.91. The fourth-order valence-electron chi connectivity index (χ4n) is 5.56. The average molecular weight is 532 g/mol. The third-order valence-corrected chi connectivity index (χ3v) is 10.1. The number of anilines is 3. The highest BCUT2D eigenvalue weighted by Crippen LogP contribution is 2.65. The van der Waals surface area contributed by atoms with Gasteiger partial charge in [0, 0.05) is 29.3 Å². The Morgan fingerprint density at radius 2 is 1.89 bits per heavy atom. The van der Waals surface area contributed by atoms with Gasteiger partial charge in [0.1, 0.15) is 5.75 Å². The second-order valence-corrected chi connectivity index (χ2v) is 12.3. The maximum atomic E-state index is 13.0. The molecule has 1 amide bonds. The van der Waals surface area contributed by atoms with Crippen LogP contribution < -0.4 is 20.1 Å². The van der Waals surface area contributed by atoms with Crippen molar-refractivity contribution in [2.75, 3.05) is 24.9 Å². The molecule has 194 valence electrons. The Morgan fingerprint density at radius 3 is 2.66 bits per heavy atom. The van der Waals surface area contributed by atoms with E-state index in [-0.39, 0.29) is 22.0 Å². The number of ether oxygens (including phenoxy) is 2. The number of benzene rings is 2. The number of nitrogens with one attached hydrogen (secondary N) is 3. The van der Waals surface area contributed by atoms with Gasteiger partial charge in [0.25, 0.3) is 0 Å². The fourth-order valence-corrected chi connectivity index (χ4v) is 7.18. The molecule has 0 radical (unpaired) electrons. The van der Waals surface area contributed by atoms with Gasteiger partial charge in [-0.15, -0.1) is 0 Å². The Balaban J connectivity index is 1.17. The van der Waals surface area contributed by atoms with Crippen LogP contribution in [0.15, 0.2) is 53.6 Å². The van der Waals surface area contributed by atoms with E-state index in [1.165, 1.54) is 19.4 Å². The summed E-state index contributed by atoms with van der Waals surface area (Å²) in [6, 6.07) is 13.2. The number of fused-ring (bicyclic) bond motifs is 3. The highest BCUT2D eigenvalue weighted by atomic mass is 32.2. The van der Waals surface area contributed by atoms with Gasteiger partial charge in [-0.2, -0.15) is 5.10 Å². The van der Waals surface area contributed by atoms with Gasteiger partial charge in [-0.05, 0) is 60.7 Å². The first-order valence-electron chi connectivity index (χ1n) is 12.4. The van der Waals surface area contributed by atoms with Gasteiger partial charge in [0.15, 0.2) is 27.2 Å². The number of carbonyl (C=O) groups is 1. The first-order valence-corrected chi connectivity index (χ1v) is 13.9. The number of H-pyrrole nitrogens is 1. The molecule has 38 heavy (non-hydrogen) atoms. The van der Waals surface area contributed by atoms with Gasteiger partial charge in [0.2, 0.25) is 5.91 Å². The largest absolute Gasteiger partial charge is 0.497 e. The Labute approximate surface area is 218 Å². The Hall–Kier alpha value is -4.12. The minimum Gasteiger partial charge on any atom is -0.497 e. The molecular weight excluding hydrogens is 506 g/mol.